The first-order valence-electron chi connectivity index (χ1n) is 6.40. The molecule has 0 aromatic heterocycles. The molecule has 1 atom stereocenters. The highest BCUT2D eigenvalue weighted by atomic mass is 35.5. The second-order valence-corrected chi connectivity index (χ2v) is 5.88. The van der Waals surface area contributed by atoms with Crippen LogP contribution in [0, 0.1) is 0 Å². The first-order valence-corrected chi connectivity index (χ1v) is 7.66. The number of benzene rings is 1. The molecule has 0 spiro atoms. The summed E-state index contributed by atoms with van der Waals surface area (Å²) in [6.07, 6.45) is 0.214. The summed E-state index contributed by atoms with van der Waals surface area (Å²) in [6.45, 7) is 1.78. The maximum absolute atomic E-state index is 12.6. The molecule has 1 aliphatic heterocycles. The molecule has 1 fully saturated rings. The Morgan fingerprint density at radius 2 is 2.38 bits per heavy atom. The summed E-state index contributed by atoms with van der Waals surface area (Å²) in [5, 5.41) is 5.98. The van der Waals surface area contributed by atoms with Gasteiger partial charge in [-0.25, -0.2) is 0 Å². The van der Waals surface area contributed by atoms with Gasteiger partial charge in [0.2, 0.25) is 5.91 Å². The largest absolute Gasteiger partial charge is 0.378 e. The van der Waals surface area contributed by atoms with Gasteiger partial charge in [0.25, 0.3) is 5.76 Å². The minimum Gasteiger partial charge on any atom is -0.378 e. The van der Waals surface area contributed by atoms with Crippen molar-refractivity contribution in [1.29, 1.82) is 0 Å². The Hall–Kier alpha value is -0.890. The average molecular weight is 337 g/mol. The summed E-state index contributed by atoms with van der Waals surface area (Å²) in [5.74, 6) is -2.87. The Bertz CT molecular complexity index is 499. The summed E-state index contributed by atoms with van der Waals surface area (Å²) >= 11 is 6.23. The van der Waals surface area contributed by atoms with Gasteiger partial charge < -0.3 is 15.4 Å². The summed E-state index contributed by atoms with van der Waals surface area (Å²) in [6, 6.07) is 4.61. The van der Waals surface area contributed by atoms with E-state index in [1.807, 2.05) is 0 Å². The second-order valence-electron chi connectivity index (χ2n) is 4.47. The molecule has 0 aliphatic carbocycles. The van der Waals surface area contributed by atoms with Crippen LogP contribution in [0.3, 0.4) is 0 Å². The Labute approximate surface area is 130 Å². The molecule has 1 aromatic rings. The molecule has 1 unspecified atom stereocenters. The molecule has 116 valence electrons. The van der Waals surface area contributed by atoms with Crippen molar-refractivity contribution in [2.24, 2.45) is 0 Å². The zero-order valence-electron chi connectivity index (χ0n) is 11.1. The molecule has 1 heterocycles. The van der Waals surface area contributed by atoms with Crippen molar-refractivity contribution < 1.29 is 18.3 Å². The molecule has 1 saturated heterocycles. The number of alkyl halides is 2. The highest BCUT2D eigenvalue weighted by Crippen LogP contribution is 2.37. The fourth-order valence-corrected chi connectivity index (χ4v) is 2.91. The van der Waals surface area contributed by atoms with Gasteiger partial charge in [-0.3, -0.25) is 4.79 Å². The van der Waals surface area contributed by atoms with E-state index in [-0.39, 0.29) is 28.3 Å². The van der Waals surface area contributed by atoms with Crippen LogP contribution >= 0.6 is 23.4 Å². The summed E-state index contributed by atoms with van der Waals surface area (Å²) in [7, 11) is 0. The van der Waals surface area contributed by atoms with Crippen molar-refractivity contribution in [2.75, 3.05) is 25.1 Å². The van der Waals surface area contributed by atoms with Crippen LogP contribution in [0.25, 0.3) is 0 Å². The van der Waals surface area contributed by atoms with E-state index >= 15 is 0 Å². The molecule has 8 heteroatoms. The summed E-state index contributed by atoms with van der Waals surface area (Å²) in [4.78, 5) is 12.2. The molecule has 4 nitrogen and oxygen atoms in total. The number of hydrogen-bond acceptors (Lipinski definition) is 4. The molecule has 21 heavy (non-hydrogen) atoms. The maximum atomic E-state index is 12.6. The van der Waals surface area contributed by atoms with Crippen LogP contribution < -0.4 is 10.6 Å². The van der Waals surface area contributed by atoms with E-state index in [1.165, 1.54) is 6.07 Å². The fourth-order valence-electron chi connectivity index (χ4n) is 1.99. The molecular formula is C13H15ClF2N2O2S. The predicted molar refractivity (Wildman–Crippen MR) is 79.2 cm³/mol. The molecule has 0 radical (unpaired) electrons. The Balaban J connectivity index is 2.01. The van der Waals surface area contributed by atoms with Gasteiger partial charge >= 0.3 is 0 Å². The number of halogens is 3. The van der Waals surface area contributed by atoms with E-state index in [4.69, 9.17) is 16.3 Å². The third-order valence-corrected chi connectivity index (χ3v) is 4.16. The fraction of sp³-hybridized carbons (Fsp3) is 0.462. The van der Waals surface area contributed by atoms with E-state index in [2.05, 4.69) is 10.6 Å². The number of amides is 1. The summed E-state index contributed by atoms with van der Waals surface area (Å²) < 4.78 is 30.4. The van der Waals surface area contributed by atoms with Crippen LogP contribution in [0.5, 0.6) is 0 Å². The SMILES string of the molecule is O=C(CC1COCCN1)Nc1cccc(Cl)c1SC(F)F. The molecule has 1 amide bonds. The monoisotopic (exact) mass is 336 g/mol. The van der Waals surface area contributed by atoms with Gasteiger partial charge in [0.05, 0.1) is 28.8 Å². The van der Waals surface area contributed by atoms with Gasteiger partial charge in [0, 0.05) is 19.0 Å². The van der Waals surface area contributed by atoms with Crippen LogP contribution in [0.2, 0.25) is 5.02 Å². The zero-order chi connectivity index (χ0) is 15.2. The lowest BCUT2D eigenvalue weighted by Crippen LogP contribution is -2.43. The van der Waals surface area contributed by atoms with E-state index in [9.17, 15) is 13.6 Å². The van der Waals surface area contributed by atoms with Gasteiger partial charge in [-0.2, -0.15) is 8.78 Å². The average Bonchev–Trinajstić information content (AvgIpc) is 2.43. The number of morpholine rings is 1. The number of rotatable bonds is 5. The highest BCUT2D eigenvalue weighted by molar-refractivity contribution is 7.99. The number of anilines is 1. The number of carbonyl (C=O) groups excluding carboxylic acids is 1. The van der Waals surface area contributed by atoms with E-state index < -0.39 is 5.76 Å². The van der Waals surface area contributed by atoms with Crippen LogP contribution in [-0.2, 0) is 9.53 Å². The van der Waals surface area contributed by atoms with Crippen LogP contribution in [0.1, 0.15) is 6.42 Å². The number of thioether (sulfide) groups is 1. The zero-order valence-corrected chi connectivity index (χ0v) is 12.6. The third-order valence-electron chi connectivity index (χ3n) is 2.88. The van der Waals surface area contributed by atoms with E-state index in [1.54, 1.807) is 12.1 Å². The number of nitrogens with one attached hydrogen (secondary N) is 2. The highest BCUT2D eigenvalue weighted by Gasteiger charge is 2.19. The van der Waals surface area contributed by atoms with Gasteiger partial charge in [0.1, 0.15) is 0 Å². The lowest BCUT2D eigenvalue weighted by atomic mass is 10.2. The third kappa shape index (κ3) is 5.10. The van der Waals surface area contributed by atoms with E-state index in [0.29, 0.717) is 37.2 Å². The maximum Gasteiger partial charge on any atom is 0.289 e. The van der Waals surface area contributed by atoms with Gasteiger partial charge in [-0.15, -0.1) is 0 Å². The molecular weight excluding hydrogens is 322 g/mol. The molecule has 0 bridgehead atoms. The van der Waals surface area contributed by atoms with Crippen LogP contribution in [-0.4, -0.2) is 37.5 Å². The number of carbonyl (C=O) groups is 1. The number of ether oxygens (including phenoxy) is 1. The van der Waals surface area contributed by atoms with Crippen molar-refractivity contribution in [3.63, 3.8) is 0 Å². The molecule has 2 rings (SSSR count). The second kappa shape index (κ2) is 7.93. The van der Waals surface area contributed by atoms with Crippen LogP contribution in [0.15, 0.2) is 23.1 Å². The first-order chi connectivity index (χ1) is 10.1. The van der Waals surface area contributed by atoms with Crippen LogP contribution in [0.4, 0.5) is 14.5 Å². The molecule has 2 N–H and O–H groups in total. The Morgan fingerprint density at radius 3 is 3.05 bits per heavy atom. The normalized spacial score (nSPS) is 18.8. The smallest absolute Gasteiger partial charge is 0.289 e. The summed E-state index contributed by atoms with van der Waals surface area (Å²) in [5.41, 5.74) is 0.300. The Kier molecular flexibility index (Phi) is 6.22. The van der Waals surface area contributed by atoms with Gasteiger partial charge in [-0.1, -0.05) is 29.4 Å². The molecule has 0 saturated carbocycles. The van der Waals surface area contributed by atoms with Gasteiger partial charge in [-0.05, 0) is 12.1 Å². The van der Waals surface area contributed by atoms with Crippen molar-refractivity contribution in [2.45, 2.75) is 23.1 Å². The number of hydrogen-bond donors (Lipinski definition) is 2. The van der Waals surface area contributed by atoms with Gasteiger partial charge in [0.15, 0.2) is 0 Å². The van der Waals surface area contributed by atoms with Crippen molar-refractivity contribution in [1.82, 2.24) is 5.32 Å². The first kappa shape index (κ1) is 16.5. The quantitative estimate of drug-likeness (QED) is 0.812. The van der Waals surface area contributed by atoms with E-state index in [0.717, 1.165) is 0 Å². The lowest BCUT2D eigenvalue weighted by Gasteiger charge is -2.23. The van der Waals surface area contributed by atoms with Crippen molar-refractivity contribution in [3.05, 3.63) is 23.2 Å². The minimum absolute atomic E-state index is 0.0656. The topological polar surface area (TPSA) is 50.4 Å². The molecule has 1 aliphatic rings. The standard InChI is InChI=1S/C13H15ClF2N2O2S/c14-9-2-1-3-10(12(9)21-13(15)16)18-11(19)6-8-7-20-5-4-17-8/h1-3,8,13,17H,4-7H2,(H,18,19). The lowest BCUT2D eigenvalue weighted by molar-refractivity contribution is -0.117. The Morgan fingerprint density at radius 1 is 1.57 bits per heavy atom. The predicted octanol–water partition coefficient (Wildman–Crippen LogP) is 2.97. The minimum atomic E-state index is -2.60. The molecule has 1 aromatic carbocycles. The van der Waals surface area contributed by atoms with Crippen molar-refractivity contribution in [3.8, 4) is 0 Å². The van der Waals surface area contributed by atoms with Crippen molar-refractivity contribution >= 4 is 35.0 Å².